The Hall–Kier alpha value is -2.72. The van der Waals surface area contributed by atoms with Crippen LogP contribution in [0.3, 0.4) is 0 Å². The summed E-state index contributed by atoms with van der Waals surface area (Å²) in [7, 11) is 1.63. The van der Waals surface area contributed by atoms with Gasteiger partial charge in [-0.1, -0.05) is 0 Å². The number of hydrogen-bond donors (Lipinski definition) is 1. The Morgan fingerprint density at radius 1 is 1.09 bits per heavy atom. The number of non-ortho nitro benzene ring substituents is 1. The number of piperidine rings is 1. The molecule has 2 aliphatic rings. The molecule has 2 amide bonds. The molecule has 1 aromatic carbocycles. The highest BCUT2D eigenvalue weighted by Crippen LogP contribution is 2.29. The van der Waals surface area contributed by atoms with E-state index in [1.165, 1.54) is 12.1 Å². The summed E-state index contributed by atoms with van der Waals surface area (Å²) in [6, 6.07) is 4.59. The second kappa shape index (κ2) is 11.8. The van der Waals surface area contributed by atoms with Crippen LogP contribution in [0.2, 0.25) is 0 Å². The molecule has 10 heteroatoms. The highest BCUT2D eigenvalue weighted by Gasteiger charge is 2.28. The predicted octanol–water partition coefficient (Wildman–Crippen LogP) is 1.50. The molecule has 176 valence electrons. The predicted molar refractivity (Wildman–Crippen MR) is 121 cm³/mol. The number of nitro groups is 1. The van der Waals surface area contributed by atoms with E-state index in [9.17, 15) is 19.7 Å². The number of ether oxygens (including phenoxy) is 1. The fourth-order valence-electron chi connectivity index (χ4n) is 4.20. The lowest BCUT2D eigenvalue weighted by molar-refractivity contribution is -0.384. The van der Waals surface area contributed by atoms with Crippen LogP contribution in [-0.4, -0.2) is 92.6 Å². The lowest BCUT2D eigenvalue weighted by atomic mass is 10.0. The molecular formula is C22H33N5O5. The molecule has 0 saturated carbocycles. The van der Waals surface area contributed by atoms with E-state index in [4.69, 9.17) is 4.74 Å². The van der Waals surface area contributed by atoms with Gasteiger partial charge in [0.2, 0.25) is 5.91 Å². The van der Waals surface area contributed by atoms with Gasteiger partial charge in [-0.05, 0) is 31.7 Å². The summed E-state index contributed by atoms with van der Waals surface area (Å²) in [5.74, 6) is -0.218. The minimum atomic E-state index is -0.458. The topological polar surface area (TPSA) is 108 Å². The molecule has 2 fully saturated rings. The van der Waals surface area contributed by atoms with E-state index in [1.807, 2.05) is 4.90 Å². The molecule has 0 aromatic heterocycles. The molecule has 0 spiro atoms. The van der Waals surface area contributed by atoms with Crippen molar-refractivity contribution in [2.45, 2.75) is 25.7 Å². The van der Waals surface area contributed by atoms with Crippen molar-refractivity contribution in [3.8, 4) is 0 Å². The highest BCUT2D eigenvalue weighted by atomic mass is 16.6. The molecule has 1 aromatic rings. The first-order chi connectivity index (χ1) is 15.5. The van der Waals surface area contributed by atoms with Crippen LogP contribution in [0.25, 0.3) is 0 Å². The van der Waals surface area contributed by atoms with E-state index in [2.05, 4.69) is 10.2 Å². The Labute approximate surface area is 188 Å². The Balaban J connectivity index is 1.61. The SMILES string of the molecule is COCCCNC(=O)CN1CCN(C(=O)c2cc([N+](=O)[O-])ccc2N2CCCCC2)CC1. The van der Waals surface area contributed by atoms with Gasteiger partial charge in [-0.25, -0.2) is 0 Å². The number of nitrogens with one attached hydrogen (secondary N) is 1. The maximum Gasteiger partial charge on any atom is 0.270 e. The normalized spacial score (nSPS) is 17.3. The molecule has 3 rings (SSSR count). The minimum Gasteiger partial charge on any atom is -0.385 e. The fraction of sp³-hybridized carbons (Fsp3) is 0.636. The Bertz CT molecular complexity index is 804. The maximum absolute atomic E-state index is 13.3. The van der Waals surface area contributed by atoms with Crippen molar-refractivity contribution in [3.63, 3.8) is 0 Å². The second-order valence-corrected chi connectivity index (χ2v) is 8.27. The van der Waals surface area contributed by atoms with Gasteiger partial charge in [0.15, 0.2) is 0 Å². The van der Waals surface area contributed by atoms with E-state index >= 15 is 0 Å². The van der Waals surface area contributed by atoms with E-state index in [-0.39, 0.29) is 17.5 Å². The first-order valence-corrected chi connectivity index (χ1v) is 11.3. The van der Waals surface area contributed by atoms with Crippen molar-refractivity contribution in [3.05, 3.63) is 33.9 Å². The van der Waals surface area contributed by atoms with E-state index < -0.39 is 4.92 Å². The van der Waals surface area contributed by atoms with Crippen molar-refractivity contribution in [2.24, 2.45) is 0 Å². The zero-order chi connectivity index (χ0) is 22.9. The average molecular weight is 448 g/mol. The van der Waals surface area contributed by atoms with Gasteiger partial charge < -0.3 is 19.9 Å². The molecule has 10 nitrogen and oxygen atoms in total. The van der Waals surface area contributed by atoms with Crippen LogP contribution in [-0.2, 0) is 9.53 Å². The number of benzene rings is 1. The molecule has 0 aliphatic carbocycles. The molecule has 0 atom stereocenters. The summed E-state index contributed by atoms with van der Waals surface area (Å²) < 4.78 is 4.97. The maximum atomic E-state index is 13.3. The van der Waals surface area contributed by atoms with Crippen molar-refractivity contribution < 1.29 is 19.2 Å². The van der Waals surface area contributed by atoms with Gasteiger partial charge in [-0.2, -0.15) is 0 Å². The summed E-state index contributed by atoms with van der Waals surface area (Å²) >= 11 is 0. The van der Waals surface area contributed by atoms with Gasteiger partial charge in [0, 0.05) is 71.7 Å². The number of carbonyl (C=O) groups excluding carboxylic acids is 2. The third-order valence-electron chi connectivity index (χ3n) is 5.99. The van der Waals surface area contributed by atoms with Gasteiger partial charge in [-0.15, -0.1) is 0 Å². The molecule has 0 unspecified atom stereocenters. The largest absolute Gasteiger partial charge is 0.385 e. The average Bonchev–Trinajstić information content (AvgIpc) is 2.82. The van der Waals surface area contributed by atoms with Crippen LogP contribution >= 0.6 is 0 Å². The van der Waals surface area contributed by atoms with Gasteiger partial charge >= 0.3 is 0 Å². The lowest BCUT2D eigenvalue weighted by Gasteiger charge is -2.36. The van der Waals surface area contributed by atoms with Crippen LogP contribution in [0.4, 0.5) is 11.4 Å². The molecule has 2 heterocycles. The molecule has 0 bridgehead atoms. The van der Waals surface area contributed by atoms with Gasteiger partial charge in [0.25, 0.3) is 11.6 Å². The smallest absolute Gasteiger partial charge is 0.270 e. The van der Waals surface area contributed by atoms with Gasteiger partial charge in [0.05, 0.1) is 22.7 Å². The summed E-state index contributed by atoms with van der Waals surface area (Å²) in [5, 5.41) is 14.2. The zero-order valence-electron chi connectivity index (χ0n) is 18.8. The van der Waals surface area contributed by atoms with Crippen LogP contribution in [0.5, 0.6) is 0 Å². The summed E-state index contributed by atoms with van der Waals surface area (Å²) in [4.78, 5) is 42.2. The van der Waals surface area contributed by atoms with Crippen LogP contribution in [0.15, 0.2) is 18.2 Å². The van der Waals surface area contributed by atoms with Crippen LogP contribution in [0, 0.1) is 10.1 Å². The number of nitro benzene ring substituents is 1. The number of nitrogens with zero attached hydrogens (tertiary/aromatic N) is 4. The number of carbonyl (C=O) groups is 2. The first kappa shape index (κ1) is 23.9. The monoisotopic (exact) mass is 447 g/mol. The van der Waals surface area contributed by atoms with E-state index in [0.29, 0.717) is 51.4 Å². The van der Waals surface area contributed by atoms with Crippen molar-refractivity contribution in [1.82, 2.24) is 15.1 Å². The number of methoxy groups -OCH3 is 1. The molecule has 0 radical (unpaired) electrons. The first-order valence-electron chi connectivity index (χ1n) is 11.3. The van der Waals surface area contributed by atoms with Crippen molar-refractivity contribution in [2.75, 3.05) is 71.0 Å². The summed E-state index contributed by atoms with van der Waals surface area (Å²) in [5.41, 5.74) is 1.10. The number of rotatable bonds is 9. The number of piperazine rings is 1. The van der Waals surface area contributed by atoms with Crippen molar-refractivity contribution in [1.29, 1.82) is 0 Å². The van der Waals surface area contributed by atoms with Crippen LogP contribution in [0.1, 0.15) is 36.0 Å². The van der Waals surface area contributed by atoms with E-state index in [0.717, 1.165) is 44.5 Å². The molecule has 1 N–H and O–H groups in total. The Morgan fingerprint density at radius 3 is 2.47 bits per heavy atom. The number of anilines is 1. The third kappa shape index (κ3) is 6.39. The Morgan fingerprint density at radius 2 is 1.81 bits per heavy atom. The minimum absolute atomic E-state index is 0.0352. The molecular weight excluding hydrogens is 414 g/mol. The lowest BCUT2D eigenvalue weighted by Crippen LogP contribution is -2.51. The number of amides is 2. The van der Waals surface area contributed by atoms with Gasteiger partial charge in [-0.3, -0.25) is 24.6 Å². The highest BCUT2D eigenvalue weighted by molar-refractivity contribution is 6.00. The molecule has 32 heavy (non-hydrogen) atoms. The van der Waals surface area contributed by atoms with Gasteiger partial charge in [0.1, 0.15) is 0 Å². The quantitative estimate of drug-likeness (QED) is 0.347. The Kier molecular flexibility index (Phi) is 8.81. The van der Waals surface area contributed by atoms with Crippen LogP contribution < -0.4 is 10.2 Å². The standard InChI is InChI=1S/C22H33N5O5/c1-32-15-5-8-23-21(28)17-24-11-13-26(14-12-24)22(29)19-16-18(27(30)31)6-7-20(19)25-9-3-2-4-10-25/h6-7,16H,2-5,8-15,17H2,1H3,(H,23,28). The number of hydrogen-bond acceptors (Lipinski definition) is 7. The second-order valence-electron chi connectivity index (χ2n) is 8.27. The molecule has 2 aliphatic heterocycles. The van der Waals surface area contributed by atoms with E-state index in [1.54, 1.807) is 18.1 Å². The zero-order valence-corrected chi connectivity index (χ0v) is 18.8. The third-order valence-corrected chi connectivity index (χ3v) is 5.99. The molecule has 2 saturated heterocycles. The van der Waals surface area contributed by atoms with Crippen molar-refractivity contribution >= 4 is 23.2 Å². The summed E-state index contributed by atoms with van der Waals surface area (Å²) in [6.45, 7) is 5.34. The fourth-order valence-corrected chi connectivity index (χ4v) is 4.20. The summed E-state index contributed by atoms with van der Waals surface area (Å²) in [6.07, 6.45) is 4.04.